The lowest BCUT2D eigenvalue weighted by Gasteiger charge is -2.31. The van der Waals surface area contributed by atoms with Crippen molar-refractivity contribution in [2.24, 2.45) is 0 Å². The highest BCUT2D eigenvalue weighted by Crippen LogP contribution is 2.42. The van der Waals surface area contributed by atoms with E-state index in [0.29, 0.717) is 18.7 Å². The number of nitrogens with zero attached hydrogens (tertiary/aromatic N) is 1. The van der Waals surface area contributed by atoms with E-state index in [9.17, 15) is 9.18 Å². The minimum absolute atomic E-state index is 0.0397. The Balaban J connectivity index is 2.13. The van der Waals surface area contributed by atoms with Crippen LogP contribution in [0.3, 0.4) is 0 Å². The minimum Gasteiger partial charge on any atom is -0.317 e. The maximum Gasteiger partial charge on any atom is 0.236 e. The van der Waals surface area contributed by atoms with Gasteiger partial charge in [0.1, 0.15) is 11.6 Å². The molecular weight excluding hydrogens is 209 g/mol. The smallest absolute Gasteiger partial charge is 0.236 e. The molecule has 0 radical (unpaired) electrons. The number of fused-ring (bicyclic) bond motifs is 2. The van der Waals surface area contributed by atoms with Gasteiger partial charge < -0.3 is 10.6 Å². The fourth-order valence-corrected chi connectivity index (χ4v) is 2.60. The number of rotatable bonds is 0. The lowest BCUT2D eigenvalue weighted by atomic mass is 9.74. The first-order valence-corrected chi connectivity index (χ1v) is 5.41. The summed E-state index contributed by atoms with van der Waals surface area (Å²) in [5, 5.41) is 5.95. The standard InChI is InChI=1S/C11H12FN3O/c12-7-5-8-9(14-6-7)15-10(16)11(8)1-3-13-4-2-11/h5-6,13H,1-4H2,(H,14,15,16). The van der Waals surface area contributed by atoms with Crippen molar-refractivity contribution < 1.29 is 9.18 Å². The molecule has 5 heteroatoms. The van der Waals surface area contributed by atoms with E-state index in [1.807, 2.05) is 0 Å². The van der Waals surface area contributed by atoms with Gasteiger partial charge in [-0.2, -0.15) is 0 Å². The first kappa shape index (κ1) is 9.72. The third-order valence-corrected chi connectivity index (χ3v) is 3.49. The molecule has 4 nitrogen and oxygen atoms in total. The fourth-order valence-electron chi connectivity index (χ4n) is 2.60. The van der Waals surface area contributed by atoms with Crippen LogP contribution < -0.4 is 10.6 Å². The van der Waals surface area contributed by atoms with Gasteiger partial charge in [0.2, 0.25) is 5.91 Å². The van der Waals surface area contributed by atoms with Crippen molar-refractivity contribution in [1.82, 2.24) is 10.3 Å². The van der Waals surface area contributed by atoms with Gasteiger partial charge in [0.15, 0.2) is 0 Å². The van der Waals surface area contributed by atoms with Crippen LogP contribution in [0.2, 0.25) is 0 Å². The quantitative estimate of drug-likeness (QED) is 0.681. The molecule has 1 aromatic rings. The van der Waals surface area contributed by atoms with E-state index in [1.54, 1.807) is 0 Å². The number of pyridine rings is 1. The zero-order chi connectivity index (χ0) is 11.2. The lowest BCUT2D eigenvalue weighted by molar-refractivity contribution is -0.121. The van der Waals surface area contributed by atoms with Crippen molar-refractivity contribution in [3.63, 3.8) is 0 Å². The first-order chi connectivity index (χ1) is 7.72. The number of aromatic nitrogens is 1. The van der Waals surface area contributed by atoms with Crippen molar-refractivity contribution >= 4 is 11.7 Å². The van der Waals surface area contributed by atoms with Gasteiger partial charge in [-0.25, -0.2) is 9.37 Å². The van der Waals surface area contributed by atoms with Crippen LogP contribution in [0, 0.1) is 5.82 Å². The summed E-state index contributed by atoms with van der Waals surface area (Å²) in [5.41, 5.74) is 0.161. The van der Waals surface area contributed by atoms with Gasteiger partial charge in [0, 0.05) is 5.56 Å². The fraction of sp³-hybridized carbons (Fsp3) is 0.455. The molecule has 3 heterocycles. The Bertz CT molecular complexity index is 455. The molecule has 1 aromatic heterocycles. The highest BCUT2D eigenvalue weighted by atomic mass is 19.1. The molecule has 1 spiro atoms. The third-order valence-electron chi connectivity index (χ3n) is 3.49. The summed E-state index contributed by atoms with van der Waals surface area (Å²) >= 11 is 0. The minimum atomic E-state index is -0.560. The number of carbonyl (C=O) groups is 1. The monoisotopic (exact) mass is 221 g/mol. The number of carbonyl (C=O) groups excluding carboxylic acids is 1. The van der Waals surface area contributed by atoms with Gasteiger partial charge in [0.25, 0.3) is 0 Å². The van der Waals surface area contributed by atoms with Gasteiger partial charge in [0.05, 0.1) is 11.6 Å². The van der Waals surface area contributed by atoms with Crippen LogP contribution >= 0.6 is 0 Å². The van der Waals surface area contributed by atoms with Crippen LogP contribution in [0.25, 0.3) is 0 Å². The molecule has 2 aliphatic heterocycles. The average Bonchev–Trinajstić information content (AvgIpc) is 2.55. The molecule has 0 saturated carbocycles. The topological polar surface area (TPSA) is 54.0 Å². The van der Waals surface area contributed by atoms with Crippen molar-refractivity contribution in [3.05, 3.63) is 23.6 Å². The van der Waals surface area contributed by atoms with Gasteiger partial charge in [-0.05, 0) is 32.0 Å². The van der Waals surface area contributed by atoms with Gasteiger partial charge in [-0.3, -0.25) is 4.79 Å². The average molecular weight is 221 g/mol. The van der Waals surface area contributed by atoms with Crippen LogP contribution in [-0.2, 0) is 10.2 Å². The molecule has 1 amide bonds. The molecule has 2 N–H and O–H groups in total. The van der Waals surface area contributed by atoms with Crippen molar-refractivity contribution in [2.45, 2.75) is 18.3 Å². The molecule has 0 atom stereocenters. The maximum absolute atomic E-state index is 13.2. The summed E-state index contributed by atoms with van der Waals surface area (Å²) < 4.78 is 13.2. The summed E-state index contributed by atoms with van der Waals surface area (Å²) in [6, 6.07) is 1.44. The highest BCUT2D eigenvalue weighted by molar-refractivity contribution is 6.05. The number of anilines is 1. The molecule has 1 fully saturated rings. The molecule has 3 rings (SSSR count). The predicted octanol–water partition coefficient (Wildman–Crippen LogP) is 0.794. The summed E-state index contributed by atoms with van der Waals surface area (Å²) in [6.45, 7) is 1.56. The Morgan fingerprint density at radius 3 is 2.88 bits per heavy atom. The molecule has 16 heavy (non-hydrogen) atoms. The second kappa shape index (κ2) is 3.25. The normalized spacial score (nSPS) is 21.9. The van der Waals surface area contributed by atoms with Crippen molar-refractivity contribution in [2.75, 3.05) is 18.4 Å². The Morgan fingerprint density at radius 2 is 2.12 bits per heavy atom. The van der Waals surface area contributed by atoms with E-state index in [4.69, 9.17) is 0 Å². The zero-order valence-electron chi connectivity index (χ0n) is 8.72. The molecule has 0 bridgehead atoms. The first-order valence-electron chi connectivity index (χ1n) is 5.41. The van der Waals surface area contributed by atoms with Crippen molar-refractivity contribution in [3.8, 4) is 0 Å². The summed E-state index contributed by atoms with van der Waals surface area (Å²) in [4.78, 5) is 15.9. The summed E-state index contributed by atoms with van der Waals surface area (Å²) in [7, 11) is 0. The summed E-state index contributed by atoms with van der Waals surface area (Å²) in [6.07, 6.45) is 2.55. The lowest BCUT2D eigenvalue weighted by Crippen LogP contribution is -2.44. The number of nitrogens with one attached hydrogen (secondary N) is 2. The molecular formula is C11H12FN3O. The van der Waals surface area contributed by atoms with Gasteiger partial charge in [-0.15, -0.1) is 0 Å². The van der Waals surface area contributed by atoms with E-state index in [1.165, 1.54) is 6.07 Å². The van der Waals surface area contributed by atoms with Gasteiger partial charge in [-0.1, -0.05) is 0 Å². The van der Waals surface area contributed by atoms with Gasteiger partial charge >= 0.3 is 0 Å². The number of piperidine rings is 1. The predicted molar refractivity (Wildman–Crippen MR) is 56.6 cm³/mol. The Morgan fingerprint density at radius 1 is 1.38 bits per heavy atom. The van der Waals surface area contributed by atoms with Crippen LogP contribution in [0.4, 0.5) is 10.2 Å². The number of amides is 1. The van der Waals surface area contributed by atoms with Crippen LogP contribution in [0.5, 0.6) is 0 Å². The Hall–Kier alpha value is -1.49. The molecule has 0 aliphatic carbocycles. The van der Waals surface area contributed by atoms with E-state index in [0.717, 1.165) is 24.8 Å². The van der Waals surface area contributed by atoms with Crippen LogP contribution in [0.15, 0.2) is 12.3 Å². The van der Waals surface area contributed by atoms with E-state index in [-0.39, 0.29) is 11.7 Å². The zero-order valence-corrected chi connectivity index (χ0v) is 8.72. The van der Waals surface area contributed by atoms with Crippen LogP contribution in [-0.4, -0.2) is 24.0 Å². The Kier molecular flexibility index (Phi) is 1.97. The second-order valence-corrected chi connectivity index (χ2v) is 4.34. The number of hydrogen-bond donors (Lipinski definition) is 2. The van der Waals surface area contributed by atoms with E-state index in [2.05, 4.69) is 15.6 Å². The largest absolute Gasteiger partial charge is 0.317 e. The highest BCUT2D eigenvalue weighted by Gasteiger charge is 2.48. The Labute approximate surface area is 92.3 Å². The van der Waals surface area contributed by atoms with Crippen LogP contribution in [0.1, 0.15) is 18.4 Å². The SMILES string of the molecule is O=C1Nc2ncc(F)cc2C12CCNCC2. The number of halogens is 1. The van der Waals surface area contributed by atoms with Crippen molar-refractivity contribution in [1.29, 1.82) is 0 Å². The molecule has 2 aliphatic rings. The maximum atomic E-state index is 13.2. The van der Waals surface area contributed by atoms with E-state index < -0.39 is 5.41 Å². The molecule has 1 saturated heterocycles. The molecule has 0 unspecified atom stereocenters. The second-order valence-electron chi connectivity index (χ2n) is 4.34. The summed E-state index contributed by atoms with van der Waals surface area (Å²) in [5.74, 6) is 0.101. The third kappa shape index (κ3) is 1.18. The number of hydrogen-bond acceptors (Lipinski definition) is 3. The molecule has 0 aromatic carbocycles. The molecule has 84 valence electrons. The van der Waals surface area contributed by atoms with E-state index >= 15 is 0 Å².